The maximum Gasteiger partial charge on any atom is 0.341 e. The molecule has 2 aliphatic heterocycles. The third-order valence-electron chi connectivity index (χ3n) is 3.70. The Kier molecular flexibility index (Phi) is 2.32. The highest BCUT2D eigenvalue weighted by atomic mass is 16.7. The van der Waals surface area contributed by atoms with Gasteiger partial charge in [-0.15, -0.1) is 0 Å². The molecule has 0 aliphatic carbocycles. The first-order chi connectivity index (χ1) is 7.02. The van der Waals surface area contributed by atoms with Crippen LogP contribution in [0, 0.1) is 0 Å². The number of hydrogen-bond donors (Lipinski definition) is 0. The summed E-state index contributed by atoms with van der Waals surface area (Å²) < 4.78 is 16.2. The molecule has 0 aromatic carbocycles. The summed E-state index contributed by atoms with van der Waals surface area (Å²) in [6.07, 6.45) is 1.53. The summed E-state index contributed by atoms with van der Waals surface area (Å²) in [5.41, 5.74) is -1.19. The molecule has 4 atom stereocenters. The highest BCUT2D eigenvalue weighted by molar-refractivity contribution is 5.85. The fraction of sp³-hybridized carbons (Fsp3) is 0.909. The second kappa shape index (κ2) is 3.19. The number of carbonyl (C=O) groups excluding carboxylic acids is 1. The first-order valence-electron chi connectivity index (χ1n) is 5.46. The molecule has 0 saturated carbocycles. The van der Waals surface area contributed by atoms with E-state index in [0.29, 0.717) is 6.42 Å². The van der Waals surface area contributed by atoms with Crippen LogP contribution in [0.3, 0.4) is 0 Å². The highest BCUT2D eigenvalue weighted by Crippen LogP contribution is 2.60. The van der Waals surface area contributed by atoms with Crippen LogP contribution in [-0.4, -0.2) is 36.5 Å². The summed E-state index contributed by atoms with van der Waals surface area (Å²) in [6, 6.07) is 0. The van der Waals surface area contributed by atoms with E-state index in [-0.39, 0.29) is 18.2 Å². The molecule has 86 valence electrons. The second-order valence-electron chi connectivity index (χ2n) is 4.46. The van der Waals surface area contributed by atoms with Crippen molar-refractivity contribution in [3.05, 3.63) is 0 Å². The lowest BCUT2D eigenvalue weighted by molar-refractivity contribution is -0.147. The molecule has 2 rings (SSSR count). The zero-order valence-corrected chi connectivity index (χ0v) is 9.70. The zero-order valence-electron chi connectivity index (χ0n) is 9.70. The van der Waals surface area contributed by atoms with Crippen molar-refractivity contribution in [2.45, 2.75) is 57.0 Å². The Bertz CT molecular complexity index is 290. The summed E-state index contributed by atoms with van der Waals surface area (Å²) in [5, 5.41) is 0. The standard InChI is InChI=1S/C11H18O4/c1-5-10(9(12)13-4)11(15-10)6-7(2)14-8(11)3/h7-8H,5-6H2,1-4H3. The molecule has 2 fully saturated rings. The topological polar surface area (TPSA) is 48.1 Å². The molecule has 2 aliphatic rings. The van der Waals surface area contributed by atoms with Crippen LogP contribution >= 0.6 is 0 Å². The van der Waals surface area contributed by atoms with E-state index in [2.05, 4.69) is 0 Å². The van der Waals surface area contributed by atoms with Gasteiger partial charge in [-0.05, 0) is 20.3 Å². The van der Waals surface area contributed by atoms with Gasteiger partial charge in [0.2, 0.25) is 0 Å². The summed E-state index contributed by atoms with van der Waals surface area (Å²) in [4.78, 5) is 11.7. The molecule has 0 aromatic rings. The number of carbonyl (C=O) groups is 1. The molecular weight excluding hydrogens is 196 g/mol. The Hall–Kier alpha value is -0.610. The largest absolute Gasteiger partial charge is 0.467 e. The number of epoxide rings is 1. The molecule has 0 N–H and O–H groups in total. The quantitative estimate of drug-likeness (QED) is 0.513. The van der Waals surface area contributed by atoms with Gasteiger partial charge in [-0.25, -0.2) is 4.79 Å². The number of ether oxygens (including phenoxy) is 3. The van der Waals surface area contributed by atoms with E-state index in [1.807, 2.05) is 20.8 Å². The van der Waals surface area contributed by atoms with Gasteiger partial charge in [0.1, 0.15) is 5.60 Å². The fourth-order valence-corrected chi connectivity index (χ4v) is 2.90. The summed E-state index contributed by atoms with van der Waals surface area (Å²) in [5.74, 6) is -0.269. The highest BCUT2D eigenvalue weighted by Gasteiger charge is 2.79. The SMILES string of the molecule is CCC1(C(=O)OC)OC12CC(C)OC2C. The van der Waals surface area contributed by atoms with Crippen LogP contribution in [0.25, 0.3) is 0 Å². The van der Waals surface area contributed by atoms with E-state index in [9.17, 15) is 4.79 Å². The van der Waals surface area contributed by atoms with Crippen LogP contribution in [0.1, 0.15) is 33.6 Å². The van der Waals surface area contributed by atoms with Gasteiger partial charge in [-0.2, -0.15) is 0 Å². The van der Waals surface area contributed by atoms with Crippen molar-refractivity contribution in [2.75, 3.05) is 7.11 Å². The smallest absolute Gasteiger partial charge is 0.341 e. The Balaban J connectivity index is 2.24. The molecule has 4 unspecified atom stereocenters. The van der Waals surface area contributed by atoms with Crippen LogP contribution in [0.5, 0.6) is 0 Å². The van der Waals surface area contributed by atoms with Crippen molar-refractivity contribution in [3.63, 3.8) is 0 Å². The van der Waals surface area contributed by atoms with Crippen molar-refractivity contribution >= 4 is 5.97 Å². The molecule has 2 saturated heterocycles. The second-order valence-corrected chi connectivity index (χ2v) is 4.46. The van der Waals surface area contributed by atoms with Crippen LogP contribution in [0.15, 0.2) is 0 Å². The van der Waals surface area contributed by atoms with Crippen molar-refractivity contribution in [1.29, 1.82) is 0 Å². The molecule has 4 heteroatoms. The van der Waals surface area contributed by atoms with Gasteiger partial charge >= 0.3 is 5.97 Å². The minimum atomic E-state index is -0.758. The number of esters is 1. The van der Waals surface area contributed by atoms with E-state index in [0.717, 1.165) is 6.42 Å². The lowest BCUT2D eigenvalue weighted by Gasteiger charge is -2.14. The van der Waals surface area contributed by atoms with Gasteiger partial charge in [-0.1, -0.05) is 6.92 Å². The van der Waals surface area contributed by atoms with Gasteiger partial charge in [0, 0.05) is 6.42 Å². The van der Waals surface area contributed by atoms with Gasteiger partial charge in [0.25, 0.3) is 0 Å². The van der Waals surface area contributed by atoms with Crippen molar-refractivity contribution in [3.8, 4) is 0 Å². The maximum absolute atomic E-state index is 11.7. The predicted molar refractivity (Wildman–Crippen MR) is 53.5 cm³/mol. The van der Waals surface area contributed by atoms with E-state index < -0.39 is 11.2 Å². The molecule has 2 heterocycles. The van der Waals surface area contributed by atoms with E-state index in [1.165, 1.54) is 7.11 Å². The monoisotopic (exact) mass is 214 g/mol. The number of hydrogen-bond acceptors (Lipinski definition) is 4. The Morgan fingerprint density at radius 1 is 1.53 bits per heavy atom. The maximum atomic E-state index is 11.7. The molecule has 0 amide bonds. The van der Waals surface area contributed by atoms with Crippen molar-refractivity contribution in [2.24, 2.45) is 0 Å². The lowest BCUT2D eigenvalue weighted by Crippen LogP contribution is -2.38. The molecule has 0 bridgehead atoms. The Morgan fingerprint density at radius 3 is 2.60 bits per heavy atom. The van der Waals surface area contributed by atoms with Crippen LogP contribution < -0.4 is 0 Å². The summed E-state index contributed by atoms with van der Waals surface area (Å²) in [7, 11) is 1.40. The first-order valence-corrected chi connectivity index (χ1v) is 5.46. The summed E-state index contributed by atoms with van der Waals surface area (Å²) in [6.45, 7) is 5.91. The molecule has 4 nitrogen and oxygen atoms in total. The lowest BCUT2D eigenvalue weighted by atomic mass is 9.84. The fourth-order valence-electron chi connectivity index (χ4n) is 2.90. The van der Waals surface area contributed by atoms with Gasteiger partial charge in [-0.3, -0.25) is 0 Å². The minimum Gasteiger partial charge on any atom is -0.467 e. The molecule has 0 radical (unpaired) electrons. The zero-order chi connectivity index (χ0) is 11.3. The van der Waals surface area contributed by atoms with E-state index in [1.54, 1.807) is 0 Å². The van der Waals surface area contributed by atoms with Gasteiger partial charge in [0.15, 0.2) is 5.60 Å². The molecule has 1 spiro atoms. The Morgan fingerprint density at radius 2 is 2.20 bits per heavy atom. The normalized spacial score (nSPS) is 48.3. The average molecular weight is 214 g/mol. The number of methoxy groups -OCH3 is 1. The third-order valence-corrected chi connectivity index (χ3v) is 3.70. The molecule has 0 aromatic heterocycles. The van der Waals surface area contributed by atoms with Crippen LogP contribution in [0.2, 0.25) is 0 Å². The summed E-state index contributed by atoms with van der Waals surface area (Å²) >= 11 is 0. The third kappa shape index (κ3) is 1.18. The van der Waals surface area contributed by atoms with E-state index in [4.69, 9.17) is 14.2 Å². The molecular formula is C11H18O4. The Labute approximate surface area is 89.9 Å². The average Bonchev–Trinajstić information content (AvgIpc) is 2.78. The van der Waals surface area contributed by atoms with Crippen LogP contribution in [-0.2, 0) is 19.0 Å². The van der Waals surface area contributed by atoms with Gasteiger partial charge in [0.05, 0.1) is 19.3 Å². The number of rotatable bonds is 2. The van der Waals surface area contributed by atoms with Crippen LogP contribution in [0.4, 0.5) is 0 Å². The predicted octanol–water partition coefficient (Wildman–Crippen LogP) is 1.27. The minimum absolute atomic E-state index is 0.0356. The first kappa shape index (κ1) is 10.9. The van der Waals surface area contributed by atoms with Crippen molar-refractivity contribution < 1.29 is 19.0 Å². The van der Waals surface area contributed by atoms with Crippen molar-refractivity contribution in [1.82, 2.24) is 0 Å². The van der Waals surface area contributed by atoms with E-state index >= 15 is 0 Å². The molecule has 15 heavy (non-hydrogen) atoms. The van der Waals surface area contributed by atoms with Gasteiger partial charge < -0.3 is 14.2 Å².